The van der Waals surface area contributed by atoms with E-state index in [4.69, 9.17) is 4.74 Å². The van der Waals surface area contributed by atoms with E-state index in [1.807, 2.05) is 0 Å². The Balaban J connectivity index is 1.93. The van der Waals surface area contributed by atoms with Crippen LogP contribution in [0.25, 0.3) is 5.65 Å². The number of aromatic nitrogens is 3. The molecule has 1 unspecified atom stereocenters. The maximum Gasteiger partial charge on any atom is 0.339 e. The van der Waals surface area contributed by atoms with Gasteiger partial charge in [0, 0.05) is 18.7 Å². The van der Waals surface area contributed by atoms with Crippen LogP contribution in [0.4, 0.5) is 0 Å². The zero-order valence-corrected chi connectivity index (χ0v) is 10.8. The zero-order chi connectivity index (χ0) is 13.2. The van der Waals surface area contributed by atoms with E-state index < -0.39 is 0 Å². The minimum absolute atomic E-state index is 0.357. The Morgan fingerprint density at radius 2 is 2.42 bits per heavy atom. The van der Waals surface area contributed by atoms with Gasteiger partial charge in [0.15, 0.2) is 11.5 Å². The molecule has 0 saturated carbocycles. The van der Waals surface area contributed by atoms with Gasteiger partial charge >= 0.3 is 5.97 Å². The fraction of sp³-hybridized carbons (Fsp3) is 0.462. The lowest BCUT2D eigenvalue weighted by atomic mass is 9.99. The molecular weight excluding hydrogens is 244 g/mol. The Kier molecular flexibility index (Phi) is 3.16. The summed E-state index contributed by atoms with van der Waals surface area (Å²) >= 11 is 0. The highest BCUT2D eigenvalue weighted by Gasteiger charge is 2.20. The number of nitrogens with zero attached hydrogens (tertiary/aromatic N) is 3. The van der Waals surface area contributed by atoms with Crippen molar-refractivity contribution in [3.63, 3.8) is 0 Å². The molecule has 0 bridgehead atoms. The number of pyridine rings is 1. The Hall–Kier alpha value is -1.95. The van der Waals surface area contributed by atoms with Crippen molar-refractivity contribution in [1.29, 1.82) is 0 Å². The number of ether oxygens (including phenoxy) is 1. The zero-order valence-electron chi connectivity index (χ0n) is 10.8. The van der Waals surface area contributed by atoms with Crippen molar-refractivity contribution in [3.05, 3.63) is 29.7 Å². The van der Waals surface area contributed by atoms with E-state index in [1.165, 1.54) is 7.11 Å². The second-order valence-electron chi connectivity index (χ2n) is 4.73. The van der Waals surface area contributed by atoms with Gasteiger partial charge in [-0.25, -0.2) is 14.3 Å². The second-order valence-corrected chi connectivity index (χ2v) is 4.73. The van der Waals surface area contributed by atoms with Gasteiger partial charge in [0.1, 0.15) is 0 Å². The molecule has 3 heterocycles. The Morgan fingerprint density at radius 3 is 3.16 bits per heavy atom. The summed E-state index contributed by atoms with van der Waals surface area (Å²) in [4.78, 5) is 16.0. The fourth-order valence-electron chi connectivity index (χ4n) is 2.38. The first-order valence-corrected chi connectivity index (χ1v) is 6.43. The molecule has 2 aromatic rings. The fourth-order valence-corrected chi connectivity index (χ4v) is 2.38. The van der Waals surface area contributed by atoms with Crippen molar-refractivity contribution < 1.29 is 9.53 Å². The van der Waals surface area contributed by atoms with Gasteiger partial charge < -0.3 is 10.1 Å². The third-order valence-corrected chi connectivity index (χ3v) is 3.43. The van der Waals surface area contributed by atoms with Gasteiger partial charge in [0.2, 0.25) is 0 Å². The number of esters is 1. The van der Waals surface area contributed by atoms with Crippen LogP contribution in [0.15, 0.2) is 18.3 Å². The highest BCUT2D eigenvalue weighted by atomic mass is 16.5. The summed E-state index contributed by atoms with van der Waals surface area (Å²) in [5, 5.41) is 7.82. The van der Waals surface area contributed by atoms with Gasteiger partial charge in [-0.1, -0.05) is 0 Å². The molecule has 1 aliphatic heterocycles. The van der Waals surface area contributed by atoms with E-state index in [2.05, 4.69) is 15.4 Å². The summed E-state index contributed by atoms with van der Waals surface area (Å²) in [7, 11) is 1.37. The number of hydrogen-bond donors (Lipinski definition) is 1. The molecule has 1 fully saturated rings. The maximum absolute atomic E-state index is 11.5. The van der Waals surface area contributed by atoms with Crippen LogP contribution in [0.5, 0.6) is 0 Å². The predicted octanol–water partition coefficient (Wildman–Crippen LogP) is 0.983. The molecule has 0 radical (unpaired) electrons. The van der Waals surface area contributed by atoms with Crippen LogP contribution in [0, 0.1) is 0 Å². The Morgan fingerprint density at radius 1 is 1.53 bits per heavy atom. The summed E-state index contributed by atoms with van der Waals surface area (Å²) in [5.74, 6) is 0.836. The molecule has 0 aliphatic carbocycles. The first kappa shape index (κ1) is 12.1. The normalized spacial score (nSPS) is 19.5. The first-order chi connectivity index (χ1) is 9.28. The summed E-state index contributed by atoms with van der Waals surface area (Å²) < 4.78 is 6.35. The minimum Gasteiger partial charge on any atom is -0.465 e. The van der Waals surface area contributed by atoms with Crippen LogP contribution in [-0.2, 0) is 4.74 Å². The highest BCUT2D eigenvalue weighted by molar-refractivity contribution is 5.89. The van der Waals surface area contributed by atoms with Crippen LogP contribution < -0.4 is 5.32 Å². The van der Waals surface area contributed by atoms with Gasteiger partial charge in [-0.05, 0) is 31.5 Å². The molecule has 0 spiro atoms. The lowest BCUT2D eigenvalue weighted by molar-refractivity contribution is 0.0600. The number of nitrogens with one attached hydrogen (secondary N) is 1. The number of fused-ring (bicyclic) bond motifs is 1. The monoisotopic (exact) mass is 260 g/mol. The molecule has 1 aliphatic rings. The van der Waals surface area contributed by atoms with E-state index >= 15 is 0 Å². The summed E-state index contributed by atoms with van der Waals surface area (Å²) in [6.45, 7) is 1.98. The highest BCUT2D eigenvalue weighted by Crippen LogP contribution is 2.20. The Labute approximate surface area is 110 Å². The van der Waals surface area contributed by atoms with Gasteiger partial charge in [-0.15, -0.1) is 0 Å². The van der Waals surface area contributed by atoms with Crippen LogP contribution in [-0.4, -0.2) is 40.8 Å². The van der Waals surface area contributed by atoms with Crippen molar-refractivity contribution in [2.24, 2.45) is 0 Å². The van der Waals surface area contributed by atoms with Crippen LogP contribution in [0.3, 0.4) is 0 Å². The molecule has 1 saturated heterocycles. The number of carbonyl (C=O) groups excluding carboxylic acids is 1. The molecule has 1 atom stereocenters. The summed E-state index contributed by atoms with van der Waals surface area (Å²) in [5.41, 5.74) is 1.24. The first-order valence-electron chi connectivity index (χ1n) is 6.43. The van der Waals surface area contributed by atoms with Crippen molar-refractivity contribution in [1.82, 2.24) is 19.9 Å². The quantitative estimate of drug-likeness (QED) is 0.815. The molecule has 0 amide bonds. The van der Waals surface area contributed by atoms with Gasteiger partial charge in [-0.2, -0.15) is 5.10 Å². The molecule has 6 nitrogen and oxygen atoms in total. The number of carbonyl (C=O) groups is 1. The van der Waals surface area contributed by atoms with E-state index in [1.54, 1.807) is 22.8 Å². The average Bonchev–Trinajstić information content (AvgIpc) is 2.90. The third kappa shape index (κ3) is 2.31. The summed E-state index contributed by atoms with van der Waals surface area (Å²) in [6.07, 6.45) is 3.91. The van der Waals surface area contributed by atoms with Crippen molar-refractivity contribution >= 4 is 11.6 Å². The molecule has 6 heteroatoms. The SMILES string of the molecule is COC(=O)c1ccc2nc(C3CCCNC3)nn2c1. The van der Waals surface area contributed by atoms with Crippen molar-refractivity contribution in [2.45, 2.75) is 18.8 Å². The third-order valence-electron chi connectivity index (χ3n) is 3.43. The predicted molar refractivity (Wildman–Crippen MR) is 69.2 cm³/mol. The smallest absolute Gasteiger partial charge is 0.339 e. The van der Waals surface area contributed by atoms with Crippen molar-refractivity contribution in [2.75, 3.05) is 20.2 Å². The van der Waals surface area contributed by atoms with E-state index in [9.17, 15) is 4.79 Å². The molecule has 19 heavy (non-hydrogen) atoms. The van der Waals surface area contributed by atoms with E-state index in [0.29, 0.717) is 11.5 Å². The van der Waals surface area contributed by atoms with Crippen LogP contribution >= 0.6 is 0 Å². The van der Waals surface area contributed by atoms with Gasteiger partial charge in [0.05, 0.1) is 12.7 Å². The van der Waals surface area contributed by atoms with E-state index in [-0.39, 0.29) is 5.97 Å². The number of methoxy groups -OCH3 is 1. The molecule has 1 N–H and O–H groups in total. The standard InChI is InChI=1S/C13H16N4O2/c1-19-13(18)10-4-5-11-15-12(16-17(11)8-10)9-3-2-6-14-7-9/h4-5,8-9,14H,2-3,6-7H2,1H3. The van der Waals surface area contributed by atoms with E-state index in [0.717, 1.165) is 37.4 Å². The average molecular weight is 260 g/mol. The second kappa shape index (κ2) is 4.97. The lowest BCUT2D eigenvalue weighted by Crippen LogP contribution is -2.28. The maximum atomic E-state index is 11.5. The van der Waals surface area contributed by atoms with Crippen LogP contribution in [0.1, 0.15) is 34.9 Å². The molecule has 0 aromatic carbocycles. The minimum atomic E-state index is -0.363. The molecular formula is C13H16N4O2. The lowest BCUT2D eigenvalue weighted by Gasteiger charge is -2.19. The topological polar surface area (TPSA) is 68.5 Å². The van der Waals surface area contributed by atoms with Crippen LogP contribution in [0.2, 0.25) is 0 Å². The number of hydrogen-bond acceptors (Lipinski definition) is 5. The molecule has 2 aromatic heterocycles. The summed E-state index contributed by atoms with van der Waals surface area (Å²) in [6, 6.07) is 3.50. The van der Waals surface area contributed by atoms with Crippen molar-refractivity contribution in [3.8, 4) is 0 Å². The Bertz CT molecular complexity index is 602. The molecule has 3 rings (SSSR count). The largest absolute Gasteiger partial charge is 0.465 e. The molecule has 100 valence electrons. The van der Waals surface area contributed by atoms with Gasteiger partial charge in [0.25, 0.3) is 0 Å². The number of piperidine rings is 1. The number of rotatable bonds is 2. The van der Waals surface area contributed by atoms with Gasteiger partial charge in [-0.3, -0.25) is 0 Å².